The van der Waals surface area contributed by atoms with Crippen molar-refractivity contribution in [2.75, 3.05) is 0 Å². The number of aromatic nitrogens is 1. The van der Waals surface area contributed by atoms with Crippen molar-refractivity contribution < 1.29 is 41.5 Å². The number of hydrogen-bond acceptors (Lipinski definition) is 6. The van der Waals surface area contributed by atoms with Gasteiger partial charge in [0.2, 0.25) is 0 Å². The van der Waals surface area contributed by atoms with Crippen LogP contribution in [-0.2, 0) is 6.61 Å². The number of carboxylic acid groups (broad SMARTS) is 1. The van der Waals surface area contributed by atoms with Crippen molar-refractivity contribution in [3.05, 3.63) is 89.4 Å². The monoisotopic (exact) mass is 551 g/mol. The highest BCUT2D eigenvalue weighted by Gasteiger charge is 2.33. The standard InChI is InChI=1S/C30H24F3NO6/c1-16(2)28-24(27(34-40-28)22-6-4-5-7-25(22)39-30(31,32)33)15-37-19-9-11-20(17(3)12-19)18-8-10-21-23(29(35)36)14-38-26(21)13-18/h4-14,16H,15H2,1-3H3,(H,35,36). The molecule has 0 bridgehead atoms. The largest absolute Gasteiger partial charge is 0.573 e. The Labute approximate surface area is 226 Å². The van der Waals surface area contributed by atoms with Gasteiger partial charge in [-0.3, -0.25) is 0 Å². The third-order valence-electron chi connectivity index (χ3n) is 6.41. The Morgan fingerprint density at radius 3 is 2.52 bits per heavy atom. The normalized spacial score (nSPS) is 11.8. The molecule has 10 heteroatoms. The van der Waals surface area contributed by atoms with Crippen molar-refractivity contribution in [3.63, 3.8) is 0 Å². The second kappa shape index (κ2) is 10.4. The summed E-state index contributed by atoms with van der Waals surface area (Å²) in [5, 5.41) is 13.9. The Balaban J connectivity index is 1.42. The van der Waals surface area contributed by atoms with E-state index in [0.717, 1.165) is 16.7 Å². The van der Waals surface area contributed by atoms with Crippen LogP contribution in [0.4, 0.5) is 13.2 Å². The molecule has 0 aliphatic carbocycles. The lowest BCUT2D eigenvalue weighted by molar-refractivity contribution is -0.274. The topological polar surface area (TPSA) is 94.9 Å². The molecular formula is C30H24F3NO6. The van der Waals surface area contributed by atoms with Gasteiger partial charge in [-0.25, -0.2) is 4.79 Å². The molecule has 0 atom stereocenters. The van der Waals surface area contributed by atoms with Gasteiger partial charge in [-0.2, -0.15) is 0 Å². The highest BCUT2D eigenvalue weighted by Crippen LogP contribution is 2.38. The van der Waals surface area contributed by atoms with Gasteiger partial charge < -0.3 is 23.5 Å². The summed E-state index contributed by atoms with van der Waals surface area (Å²) in [5.41, 5.74) is 4.06. The van der Waals surface area contributed by atoms with Crippen LogP contribution in [-0.4, -0.2) is 22.6 Å². The molecule has 0 spiro atoms. The van der Waals surface area contributed by atoms with Gasteiger partial charge in [-0.1, -0.05) is 43.3 Å². The smallest absolute Gasteiger partial charge is 0.489 e. The fourth-order valence-corrected chi connectivity index (χ4v) is 4.57. The first-order valence-electron chi connectivity index (χ1n) is 12.3. The van der Waals surface area contributed by atoms with Gasteiger partial charge in [0.25, 0.3) is 0 Å². The van der Waals surface area contributed by atoms with Gasteiger partial charge in [0.1, 0.15) is 47.0 Å². The Morgan fingerprint density at radius 1 is 1.05 bits per heavy atom. The van der Waals surface area contributed by atoms with Crippen LogP contribution in [0.1, 0.15) is 47.0 Å². The number of furan rings is 1. The van der Waals surface area contributed by atoms with Gasteiger partial charge in [0, 0.05) is 16.9 Å². The Hall–Kier alpha value is -4.73. The number of aromatic carboxylic acids is 1. The van der Waals surface area contributed by atoms with E-state index < -0.39 is 12.3 Å². The van der Waals surface area contributed by atoms with E-state index in [1.165, 1.54) is 24.5 Å². The average Bonchev–Trinajstić information content (AvgIpc) is 3.51. The first kappa shape index (κ1) is 26.9. The first-order valence-corrected chi connectivity index (χ1v) is 12.3. The first-order chi connectivity index (χ1) is 19.0. The number of benzene rings is 3. The third-order valence-corrected chi connectivity index (χ3v) is 6.41. The number of fused-ring (bicyclic) bond motifs is 1. The molecular weight excluding hydrogens is 527 g/mol. The molecule has 3 aromatic carbocycles. The van der Waals surface area contributed by atoms with Crippen LogP contribution in [0.15, 0.2) is 75.9 Å². The summed E-state index contributed by atoms with van der Waals surface area (Å²) >= 11 is 0. The van der Waals surface area contributed by atoms with E-state index in [1.54, 1.807) is 24.3 Å². The van der Waals surface area contributed by atoms with E-state index in [-0.39, 0.29) is 35.1 Å². The summed E-state index contributed by atoms with van der Waals surface area (Å²) in [6.45, 7) is 5.69. The molecule has 0 unspecified atom stereocenters. The molecule has 1 N–H and O–H groups in total. The highest BCUT2D eigenvalue weighted by atomic mass is 19.4. The SMILES string of the molecule is Cc1cc(OCc2c(-c3ccccc3OC(F)(F)F)noc2C(C)C)ccc1-c1ccc2c(C(=O)O)coc2c1. The summed E-state index contributed by atoms with van der Waals surface area (Å²) in [7, 11) is 0. The lowest BCUT2D eigenvalue weighted by Crippen LogP contribution is -2.17. The molecule has 0 saturated carbocycles. The lowest BCUT2D eigenvalue weighted by Gasteiger charge is -2.14. The van der Waals surface area contributed by atoms with Crippen LogP contribution in [0.3, 0.4) is 0 Å². The molecule has 5 aromatic rings. The van der Waals surface area contributed by atoms with Crippen LogP contribution in [0.2, 0.25) is 0 Å². The molecule has 7 nitrogen and oxygen atoms in total. The lowest BCUT2D eigenvalue weighted by atomic mass is 9.99. The van der Waals surface area contributed by atoms with E-state index in [1.807, 2.05) is 39.0 Å². The summed E-state index contributed by atoms with van der Waals surface area (Å²) in [5.74, 6) is -0.508. The number of hydrogen-bond donors (Lipinski definition) is 1. The minimum Gasteiger partial charge on any atom is -0.489 e. The van der Waals surface area contributed by atoms with Crippen LogP contribution in [0.5, 0.6) is 11.5 Å². The van der Waals surface area contributed by atoms with Crippen molar-refractivity contribution >= 4 is 16.9 Å². The minimum absolute atomic E-state index is 0.00179. The number of rotatable bonds is 8. The molecule has 0 aliphatic heterocycles. The molecule has 0 saturated heterocycles. The van der Waals surface area contributed by atoms with E-state index in [4.69, 9.17) is 13.7 Å². The summed E-state index contributed by atoms with van der Waals surface area (Å²) in [4.78, 5) is 11.4. The quantitative estimate of drug-likeness (QED) is 0.207. The van der Waals surface area contributed by atoms with E-state index in [9.17, 15) is 23.1 Å². The molecule has 0 fully saturated rings. The van der Waals surface area contributed by atoms with Crippen LogP contribution >= 0.6 is 0 Å². The second-order valence-electron chi connectivity index (χ2n) is 9.50. The zero-order valence-electron chi connectivity index (χ0n) is 21.7. The second-order valence-corrected chi connectivity index (χ2v) is 9.50. The van der Waals surface area contributed by atoms with Crippen molar-refractivity contribution in [2.24, 2.45) is 0 Å². The number of alkyl halides is 3. The number of carbonyl (C=O) groups is 1. The Bertz CT molecular complexity index is 1700. The molecule has 5 rings (SSSR count). The van der Waals surface area contributed by atoms with E-state index in [0.29, 0.717) is 28.0 Å². The van der Waals surface area contributed by atoms with Gasteiger partial charge in [0.05, 0.1) is 5.56 Å². The fourth-order valence-electron chi connectivity index (χ4n) is 4.57. The third kappa shape index (κ3) is 5.38. The van der Waals surface area contributed by atoms with Crippen LogP contribution < -0.4 is 9.47 Å². The molecule has 40 heavy (non-hydrogen) atoms. The van der Waals surface area contributed by atoms with Gasteiger partial charge in [0.15, 0.2) is 0 Å². The summed E-state index contributed by atoms with van der Waals surface area (Å²) in [6, 6.07) is 16.6. The molecule has 2 aromatic heterocycles. The number of nitrogens with zero attached hydrogens (tertiary/aromatic N) is 1. The van der Waals surface area contributed by atoms with Crippen molar-refractivity contribution in [3.8, 4) is 33.9 Å². The van der Waals surface area contributed by atoms with Crippen molar-refractivity contribution in [1.29, 1.82) is 0 Å². The number of carboxylic acids is 1. The van der Waals surface area contributed by atoms with Gasteiger partial charge in [-0.05, 0) is 60.0 Å². The molecule has 0 aliphatic rings. The Morgan fingerprint density at radius 2 is 1.82 bits per heavy atom. The maximum Gasteiger partial charge on any atom is 0.573 e. The summed E-state index contributed by atoms with van der Waals surface area (Å²) < 4.78 is 60.3. The highest BCUT2D eigenvalue weighted by molar-refractivity contribution is 6.03. The zero-order valence-corrected chi connectivity index (χ0v) is 21.7. The van der Waals surface area contributed by atoms with Crippen LogP contribution in [0, 0.1) is 6.92 Å². The number of halogens is 3. The fraction of sp³-hybridized carbons (Fsp3) is 0.200. The van der Waals surface area contributed by atoms with Gasteiger partial charge >= 0.3 is 12.3 Å². The molecule has 2 heterocycles. The molecule has 206 valence electrons. The van der Waals surface area contributed by atoms with Gasteiger partial charge in [-0.15, -0.1) is 13.2 Å². The van der Waals surface area contributed by atoms with Crippen LogP contribution in [0.25, 0.3) is 33.4 Å². The number of para-hydroxylation sites is 1. The van der Waals surface area contributed by atoms with Crippen molar-refractivity contribution in [2.45, 2.75) is 39.7 Å². The predicted molar refractivity (Wildman–Crippen MR) is 140 cm³/mol. The zero-order chi connectivity index (χ0) is 28.6. The predicted octanol–water partition coefficient (Wildman–Crippen LogP) is 8.36. The maximum absolute atomic E-state index is 13.0. The minimum atomic E-state index is -4.86. The maximum atomic E-state index is 13.0. The number of ether oxygens (including phenoxy) is 2. The number of aryl methyl sites for hydroxylation is 1. The van der Waals surface area contributed by atoms with Crippen molar-refractivity contribution in [1.82, 2.24) is 5.16 Å². The molecule has 0 radical (unpaired) electrons. The van der Waals surface area contributed by atoms with E-state index >= 15 is 0 Å². The molecule has 0 amide bonds. The summed E-state index contributed by atoms with van der Waals surface area (Å²) in [6.07, 6.45) is -3.64. The van der Waals surface area contributed by atoms with E-state index in [2.05, 4.69) is 9.89 Å². The Kier molecular flexibility index (Phi) is 7.01. The average molecular weight is 552 g/mol.